The number of hydrogen-bond donors (Lipinski definition) is 16. The minimum absolute atomic E-state index is 0.00589. The second kappa shape index (κ2) is 38.8. The highest BCUT2D eigenvalue weighted by molar-refractivity contribution is 7.98. The summed E-state index contributed by atoms with van der Waals surface area (Å²) in [6.07, 6.45) is 0.367. The van der Waals surface area contributed by atoms with Crippen molar-refractivity contribution in [1.29, 1.82) is 0 Å². The Balaban J connectivity index is 3.85. The van der Waals surface area contributed by atoms with Gasteiger partial charge >= 0.3 is 5.97 Å². The number of aliphatic carboxylic acids is 1. The van der Waals surface area contributed by atoms with Gasteiger partial charge in [0.1, 0.15) is 54.4 Å². The predicted molar refractivity (Wildman–Crippen MR) is 302 cm³/mol. The van der Waals surface area contributed by atoms with Gasteiger partial charge in [0.2, 0.25) is 65.0 Å². The molecule has 0 bridgehead atoms. The lowest BCUT2D eigenvalue weighted by Crippen LogP contribution is -2.60. The lowest BCUT2D eigenvalue weighted by atomic mass is 10.0. The van der Waals surface area contributed by atoms with Crippen molar-refractivity contribution in [3.63, 3.8) is 0 Å². The molecule has 20 N–H and O–H groups in total. The number of amides is 11. The fraction of sp³-hybridized carbons (Fsp3) is 0.745. The zero-order valence-corrected chi connectivity index (χ0v) is 48.6. The van der Waals surface area contributed by atoms with Crippen LogP contribution in [0.25, 0.3) is 0 Å². The van der Waals surface area contributed by atoms with Crippen molar-refractivity contribution in [2.75, 3.05) is 31.6 Å². The molecule has 10 atom stereocenters. The fourth-order valence-electron chi connectivity index (χ4n) is 8.27. The standard InChI is InChI=1S/C51H91N15O14S/c1-27(2)24-35-43(73)56-21-11-9-8-10-16-39(69)66-41(30(6)67)50(80)62-33(17-18-40(70)71)47(77)59-32(15-13-22-57-51(54)55)45(75)61-34(19-23-81-7)44(74)58-29(5)42(72)63-36(25-28(3)4)48(78)60-31(14-12-20-52)46(76)65-37(26-38(53)68)49(79)64-35/h27-37,41,67H,8-26,52H2,1-7H3,(H2,53,68)(H,56,73)(H,58,74)(H,59,77)(H,60,78)(H,61,75)(H,62,80)(H,63,72)(H,64,79)(H,65,76)(H,66,69)(H,70,71)(H4,54,55,57)/t29-,30+,31-,32-,33-,34-,35-,36-,37-,41-/m0/s1. The second-order valence-corrected chi connectivity index (χ2v) is 21.9. The average Bonchev–Trinajstić information content (AvgIpc) is 3.37. The molecule has 29 nitrogen and oxygen atoms in total. The number of aliphatic hydroxyl groups excluding tert-OH is 1. The monoisotopic (exact) mass is 1170 g/mol. The Morgan fingerprint density at radius 2 is 1.04 bits per heavy atom. The van der Waals surface area contributed by atoms with Gasteiger partial charge in [-0.05, 0) is 108 Å². The summed E-state index contributed by atoms with van der Waals surface area (Å²) in [4.78, 5) is 166. The summed E-state index contributed by atoms with van der Waals surface area (Å²) in [6.45, 7) is 9.95. The third-order valence-electron chi connectivity index (χ3n) is 12.6. The van der Waals surface area contributed by atoms with Crippen LogP contribution in [0.3, 0.4) is 0 Å². The number of nitrogens with zero attached hydrogens (tertiary/aromatic N) is 1. The van der Waals surface area contributed by atoms with Gasteiger partial charge in [-0.25, -0.2) is 0 Å². The number of guanidine groups is 1. The van der Waals surface area contributed by atoms with Crippen molar-refractivity contribution in [3.8, 4) is 0 Å². The molecule has 0 saturated carbocycles. The maximum atomic E-state index is 14.2. The molecule has 0 unspecified atom stereocenters. The van der Waals surface area contributed by atoms with Crippen LogP contribution in [0.2, 0.25) is 0 Å². The molecular formula is C51H91N15O14S. The van der Waals surface area contributed by atoms with E-state index in [4.69, 9.17) is 22.9 Å². The zero-order valence-electron chi connectivity index (χ0n) is 47.8. The summed E-state index contributed by atoms with van der Waals surface area (Å²) >= 11 is 1.33. The van der Waals surface area contributed by atoms with E-state index in [1.54, 1.807) is 20.1 Å². The Labute approximate surface area is 477 Å². The highest BCUT2D eigenvalue weighted by Gasteiger charge is 2.36. The van der Waals surface area contributed by atoms with Crippen LogP contribution in [0.15, 0.2) is 4.99 Å². The van der Waals surface area contributed by atoms with Crippen molar-refractivity contribution < 1.29 is 67.7 Å². The maximum absolute atomic E-state index is 14.2. The van der Waals surface area contributed by atoms with Gasteiger partial charge in [-0.3, -0.25) is 62.5 Å². The Morgan fingerprint density at radius 3 is 1.56 bits per heavy atom. The fourth-order valence-corrected chi connectivity index (χ4v) is 8.74. The largest absolute Gasteiger partial charge is 0.481 e. The molecule has 460 valence electrons. The summed E-state index contributed by atoms with van der Waals surface area (Å²) in [7, 11) is 0. The first-order valence-electron chi connectivity index (χ1n) is 27.5. The van der Waals surface area contributed by atoms with Crippen molar-refractivity contribution in [1.82, 2.24) is 53.2 Å². The summed E-state index contributed by atoms with van der Waals surface area (Å²) in [5.74, 6) is -11.1. The number of carboxylic acids is 1. The van der Waals surface area contributed by atoms with Crippen LogP contribution in [0.1, 0.15) is 138 Å². The lowest BCUT2D eigenvalue weighted by molar-refractivity contribution is -0.139. The summed E-state index contributed by atoms with van der Waals surface area (Å²) in [5.41, 5.74) is 22.3. The average molecular weight is 1170 g/mol. The SMILES string of the molecule is CSCC[C@@H]1NC(=O)[C@H](CCCN=C(N)N)NC(=O)[C@H](CCC(=O)O)NC(=O)[C@H]([C@@H](C)O)NC(=O)CCCCCCNC(=O)[C@H](CC(C)C)NC(=O)[C@H](CC(N)=O)NC(=O)[C@H](CCCN)NC(=O)[C@H](CC(C)C)NC(=O)[C@H](C)NC1=O. The molecule has 11 amide bonds. The molecule has 81 heavy (non-hydrogen) atoms. The molecule has 1 heterocycles. The smallest absolute Gasteiger partial charge is 0.303 e. The lowest BCUT2D eigenvalue weighted by Gasteiger charge is -2.28. The molecule has 30 heteroatoms. The van der Waals surface area contributed by atoms with Crippen LogP contribution in [-0.4, -0.2) is 179 Å². The Bertz CT molecular complexity index is 2150. The first kappa shape index (κ1) is 72.2. The summed E-state index contributed by atoms with van der Waals surface area (Å²) in [6, 6.07) is -12.8. The van der Waals surface area contributed by atoms with E-state index in [9.17, 15) is 67.7 Å². The van der Waals surface area contributed by atoms with Crippen molar-refractivity contribution >= 4 is 88.7 Å². The van der Waals surface area contributed by atoms with Crippen LogP contribution < -0.4 is 76.1 Å². The van der Waals surface area contributed by atoms with E-state index in [0.29, 0.717) is 31.4 Å². The van der Waals surface area contributed by atoms with E-state index < -0.39 is 151 Å². The van der Waals surface area contributed by atoms with E-state index in [1.807, 2.05) is 13.8 Å². The predicted octanol–water partition coefficient (Wildman–Crippen LogP) is -3.79. The van der Waals surface area contributed by atoms with Gasteiger partial charge in [0.25, 0.3) is 0 Å². The van der Waals surface area contributed by atoms with E-state index in [1.165, 1.54) is 25.6 Å². The molecule has 1 aliphatic heterocycles. The number of carboxylic acid groups (broad SMARTS) is 1. The van der Waals surface area contributed by atoms with Gasteiger partial charge in [0.15, 0.2) is 5.96 Å². The molecule has 0 aromatic rings. The number of aliphatic imine (C=N–C) groups is 1. The number of aliphatic hydroxyl groups is 1. The minimum Gasteiger partial charge on any atom is -0.481 e. The van der Waals surface area contributed by atoms with Crippen LogP contribution in [-0.2, 0) is 57.5 Å². The van der Waals surface area contributed by atoms with Crippen LogP contribution >= 0.6 is 11.8 Å². The molecule has 1 aliphatic rings. The molecule has 0 spiro atoms. The van der Waals surface area contributed by atoms with E-state index in [-0.39, 0.29) is 88.8 Å². The molecule has 0 aliphatic carbocycles. The first-order chi connectivity index (χ1) is 38.1. The molecule has 1 fully saturated rings. The zero-order chi connectivity index (χ0) is 61.4. The van der Waals surface area contributed by atoms with Gasteiger partial charge in [-0.1, -0.05) is 40.5 Å². The minimum atomic E-state index is -1.63. The second-order valence-electron chi connectivity index (χ2n) is 20.9. The molecule has 0 radical (unpaired) electrons. The third kappa shape index (κ3) is 30.0. The topological polar surface area (TPSA) is 482 Å². The third-order valence-corrected chi connectivity index (χ3v) is 13.3. The molecular weight excluding hydrogens is 1080 g/mol. The van der Waals surface area contributed by atoms with Gasteiger partial charge in [0, 0.05) is 25.9 Å². The Morgan fingerprint density at radius 1 is 0.580 bits per heavy atom. The van der Waals surface area contributed by atoms with Crippen molar-refractivity contribution in [2.45, 2.75) is 198 Å². The van der Waals surface area contributed by atoms with Gasteiger partial charge in [-0.2, -0.15) is 11.8 Å². The van der Waals surface area contributed by atoms with Crippen LogP contribution in [0, 0.1) is 11.8 Å². The highest BCUT2D eigenvalue weighted by Crippen LogP contribution is 2.13. The number of primary amides is 1. The molecule has 1 saturated heterocycles. The number of nitrogens with two attached hydrogens (primary N) is 4. The van der Waals surface area contributed by atoms with Gasteiger partial charge in [0.05, 0.1) is 12.5 Å². The molecule has 0 aromatic carbocycles. The number of nitrogens with one attached hydrogen (secondary N) is 10. The number of carbonyl (C=O) groups excluding carboxylic acids is 11. The Hall–Kier alpha value is -6.82. The molecule has 0 aromatic heterocycles. The number of carbonyl (C=O) groups is 12. The molecule has 1 rings (SSSR count). The van der Waals surface area contributed by atoms with Crippen LogP contribution in [0.4, 0.5) is 0 Å². The van der Waals surface area contributed by atoms with Crippen molar-refractivity contribution in [3.05, 3.63) is 0 Å². The first-order valence-corrected chi connectivity index (χ1v) is 28.9. The van der Waals surface area contributed by atoms with E-state index in [2.05, 4.69) is 58.2 Å². The summed E-state index contributed by atoms with van der Waals surface area (Å²) < 4.78 is 0. The number of hydrogen-bond acceptors (Lipinski definition) is 16. The van der Waals surface area contributed by atoms with E-state index in [0.717, 1.165) is 0 Å². The normalized spacial score (nSPS) is 25.1. The highest BCUT2D eigenvalue weighted by atomic mass is 32.2. The quantitative estimate of drug-likeness (QED) is 0.0316. The number of rotatable bonds is 20. The summed E-state index contributed by atoms with van der Waals surface area (Å²) in [5, 5.41) is 45.8. The maximum Gasteiger partial charge on any atom is 0.303 e. The van der Waals surface area contributed by atoms with Gasteiger partial charge in [-0.15, -0.1) is 0 Å². The number of thioether (sulfide) groups is 1. The van der Waals surface area contributed by atoms with Crippen LogP contribution in [0.5, 0.6) is 0 Å². The van der Waals surface area contributed by atoms with E-state index >= 15 is 0 Å². The van der Waals surface area contributed by atoms with Gasteiger partial charge < -0.3 is 86.3 Å². The Kier molecular flexibility index (Phi) is 34.5. The van der Waals surface area contributed by atoms with Crippen molar-refractivity contribution in [2.24, 2.45) is 39.8 Å².